The molecule has 6 nitrogen and oxygen atoms in total. The first-order valence-corrected chi connectivity index (χ1v) is 8.18. The van der Waals surface area contributed by atoms with Gasteiger partial charge in [0.1, 0.15) is 17.6 Å². The molecule has 0 aliphatic rings. The first kappa shape index (κ1) is 17.1. The van der Waals surface area contributed by atoms with Gasteiger partial charge in [0.15, 0.2) is 0 Å². The van der Waals surface area contributed by atoms with Crippen molar-refractivity contribution in [1.29, 1.82) is 0 Å². The Labute approximate surface area is 146 Å². The molecule has 0 radical (unpaired) electrons. The van der Waals surface area contributed by atoms with Gasteiger partial charge in [0.25, 0.3) is 0 Å². The van der Waals surface area contributed by atoms with Crippen LogP contribution in [-0.2, 0) is 6.54 Å². The summed E-state index contributed by atoms with van der Waals surface area (Å²) in [6.07, 6.45) is 6.32. The maximum Gasteiger partial charge on any atom is 0.237 e. The zero-order valence-electron chi connectivity index (χ0n) is 14.0. The molecular formula is C19H21N3O3. The van der Waals surface area contributed by atoms with E-state index in [1.807, 2.05) is 31.2 Å². The second-order valence-corrected chi connectivity index (χ2v) is 5.84. The number of hydrogen-bond donors (Lipinski definition) is 2. The molecule has 0 fully saturated rings. The van der Waals surface area contributed by atoms with E-state index in [-0.39, 0.29) is 6.04 Å². The van der Waals surface area contributed by atoms with E-state index in [1.165, 1.54) is 0 Å². The van der Waals surface area contributed by atoms with Crippen LogP contribution < -0.4 is 10.1 Å². The van der Waals surface area contributed by atoms with E-state index < -0.39 is 6.10 Å². The quantitative estimate of drug-likeness (QED) is 0.654. The van der Waals surface area contributed by atoms with Gasteiger partial charge in [0.05, 0.1) is 12.5 Å². The SMILES string of the molecule is CC(CC(O)c1ccco1)NCc1ccc(Oc2cnccn2)cc1. The van der Waals surface area contributed by atoms with Gasteiger partial charge in [0.2, 0.25) is 5.88 Å². The number of aliphatic hydroxyl groups excluding tert-OH is 1. The number of rotatable bonds is 8. The predicted octanol–water partition coefficient (Wildman–Crippen LogP) is 3.46. The average Bonchev–Trinajstić information content (AvgIpc) is 3.17. The minimum absolute atomic E-state index is 0.149. The molecular weight excluding hydrogens is 318 g/mol. The largest absolute Gasteiger partial charge is 0.467 e. The number of nitrogens with one attached hydrogen (secondary N) is 1. The second kappa shape index (κ2) is 8.41. The lowest BCUT2D eigenvalue weighted by atomic mass is 10.1. The van der Waals surface area contributed by atoms with Gasteiger partial charge in [-0.05, 0) is 43.2 Å². The number of aliphatic hydroxyl groups is 1. The fourth-order valence-electron chi connectivity index (χ4n) is 2.44. The monoisotopic (exact) mass is 339 g/mol. The van der Waals surface area contributed by atoms with Crippen LogP contribution in [0.25, 0.3) is 0 Å². The second-order valence-electron chi connectivity index (χ2n) is 5.84. The lowest BCUT2D eigenvalue weighted by Crippen LogP contribution is -2.27. The summed E-state index contributed by atoms with van der Waals surface area (Å²) >= 11 is 0. The molecule has 2 unspecified atom stereocenters. The van der Waals surface area contributed by atoms with Crippen LogP contribution in [0.15, 0.2) is 65.7 Å². The molecule has 130 valence electrons. The number of hydrogen-bond acceptors (Lipinski definition) is 6. The normalized spacial score (nSPS) is 13.4. The third-order valence-electron chi connectivity index (χ3n) is 3.79. The van der Waals surface area contributed by atoms with Gasteiger partial charge in [-0.3, -0.25) is 4.98 Å². The Morgan fingerprint density at radius 3 is 2.72 bits per heavy atom. The molecule has 2 heterocycles. The number of nitrogens with zero attached hydrogens (tertiary/aromatic N) is 2. The van der Waals surface area contributed by atoms with Crippen LogP contribution >= 0.6 is 0 Å². The van der Waals surface area contributed by atoms with E-state index in [9.17, 15) is 5.11 Å². The zero-order valence-corrected chi connectivity index (χ0v) is 14.0. The Morgan fingerprint density at radius 2 is 2.04 bits per heavy atom. The van der Waals surface area contributed by atoms with Crippen LogP contribution in [0.3, 0.4) is 0 Å². The lowest BCUT2D eigenvalue weighted by molar-refractivity contribution is 0.128. The predicted molar refractivity (Wildman–Crippen MR) is 93.1 cm³/mol. The fraction of sp³-hybridized carbons (Fsp3) is 0.263. The third kappa shape index (κ3) is 5.14. The smallest absolute Gasteiger partial charge is 0.237 e. The topological polar surface area (TPSA) is 80.4 Å². The Morgan fingerprint density at radius 1 is 1.20 bits per heavy atom. The summed E-state index contributed by atoms with van der Waals surface area (Å²) in [5, 5.41) is 13.5. The van der Waals surface area contributed by atoms with Gasteiger partial charge in [-0.15, -0.1) is 0 Å². The van der Waals surface area contributed by atoms with Gasteiger partial charge in [-0.2, -0.15) is 0 Å². The molecule has 3 rings (SSSR count). The van der Waals surface area contributed by atoms with Crippen LogP contribution in [0, 0.1) is 0 Å². The minimum Gasteiger partial charge on any atom is -0.467 e. The van der Waals surface area contributed by atoms with E-state index >= 15 is 0 Å². The molecule has 0 aliphatic heterocycles. The van der Waals surface area contributed by atoms with E-state index in [4.69, 9.17) is 9.15 Å². The molecule has 1 aromatic carbocycles. The van der Waals surface area contributed by atoms with E-state index in [0.717, 1.165) is 5.56 Å². The van der Waals surface area contributed by atoms with Crippen molar-refractivity contribution in [2.24, 2.45) is 0 Å². The van der Waals surface area contributed by atoms with Crippen molar-refractivity contribution in [2.75, 3.05) is 0 Å². The molecule has 2 N–H and O–H groups in total. The van der Waals surface area contributed by atoms with Crippen molar-refractivity contribution in [1.82, 2.24) is 15.3 Å². The molecule has 25 heavy (non-hydrogen) atoms. The molecule has 6 heteroatoms. The van der Waals surface area contributed by atoms with Crippen molar-refractivity contribution >= 4 is 0 Å². The number of aromatic nitrogens is 2. The highest BCUT2D eigenvalue weighted by Crippen LogP contribution is 2.20. The summed E-state index contributed by atoms with van der Waals surface area (Å²) in [4.78, 5) is 8.04. The highest BCUT2D eigenvalue weighted by atomic mass is 16.5. The highest BCUT2D eigenvalue weighted by molar-refractivity contribution is 5.29. The first-order chi connectivity index (χ1) is 12.2. The molecule has 0 spiro atoms. The summed E-state index contributed by atoms with van der Waals surface area (Å²) in [5.74, 6) is 1.78. The zero-order chi connectivity index (χ0) is 17.5. The van der Waals surface area contributed by atoms with Crippen LogP contribution in [0.2, 0.25) is 0 Å². The number of ether oxygens (including phenoxy) is 1. The Bertz CT molecular complexity index is 745. The lowest BCUT2D eigenvalue weighted by Gasteiger charge is -2.17. The fourth-order valence-corrected chi connectivity index (χ4v) is 2.44. The molecule has 3 aromatic rings. The molecule has 0 saturated heterocycles. The van der Waals surface area contributed by atoms with Crippen molar-refractivity contribution in [3.63, 3.8) is 0 Å². The highest BCUT2D eigenvalue weighted by Gasteiger charge is 2.14. The van der Waals surface area contributed by atoms with Gasteiger partial charge >= 0.3 is 0 Å². The summed E-state index contributed by atoms with van der Waals surface area (Å²) in [5.41, 5.74) is 1.13. The Balaban J connectivity index is 1.46. The Hall–Kier alpha value is -2.70. The van der Waals surface area contributed by atoms with Gasteiger partial charge < -0.3 is 19.6 Å². The van der Waals surface area contributed by atoms with Crippen molar-refractivity contribution in [3.8, 4) is 11.6 Å². The van der Waals surface area contributed by atoms with Crippen molar-refractivity contribution in [2.45, 2.75) is 32.0 Å². The average molecular weight is 339 g/mol. The maximum atomic E-state index is 10.1. The van der Waals surface area contributed by atoms with Crippen molar-refractivity contribution in [3.05, 3.63) is 72.6 Å². The first-order valence-electron chi connectivity index (χ1n) is 8.18. The van der Waals surface area contributed by atoms with E-state index in [0.29, 0.717) is 30.4 Å². The summed E-state index contributed by atoms with van der Waals surface area (Å²) < 4.78 is 10.8. The van der Waals surface area contributed by atoms with E-state index in [1.54, 1.807) is 37.0 Å². The molecule has 0 saturated carbocycles. The standard InChI is InChI=1S/C19H21N3O3/c1-14(11-17(23)18-3-2-10-24-18)22-12-15-4-6-16(7-5-15)25-19-13-20-8-9-21-19/h2-10,13-14,17,22-23H,11-12H2,1H3. The summed E-state index contributed by atoms with van der Waals surface area (Å²) in [6.45, 7) is 2.75. The summed E-state index contributed by atoms with van der Waals surface area (Å²) in [7, 11) is 0. The number of furan rings is 1. The molecule has 2 aromatic heterocycles. The maximum absolute atomic E-state index is 10.1. The Kier molecular flexibility index (Phi) is 5.77. The van der Waals surface area contributed by atoms with Gasteiger partial charge in [-0.1, -0.05) is 12.1 Å². The molecule has 0 bridgehead atoms. The number of benzene rings is 1. The van der Waals surface area contributed by atoms with Gasteiger partial charge in [0, 0.05) is 25.0 Å². The summed E-state index contributed by atoms with van der Waals surface area (Å²) in [6, 6.07) is 11.5. The van der Waals surface area contributed by atoms with Crippen LogP contribution in [0.4, 0.5) is 0 Å². The molecule has 2 atom stereocenters. The van der Waals surface area contributed by atoms with Crippen LogP contribution in [0.1, 0.15) is 30.8 Å². The van der Waals surface area contributed by atoms with Crippen LogP contribution in [-0.4, -0.2) is 21.1 Å². The third-order valence-corrected chi connectivity index (χ3v) is 3.79. The van der Waals surface area contributed by atoms with Gasteiger partial charge in [-0.25, -0.2) is 4.98 Å². The minimum atomic E-state index is -0.597. The molecule has 0 aliphatic carbocycles. The molecule has 0 amide bonds. The van der Waals surface area contributed by atoms with Crippen molar-refractivity contribution < 1.29 is 14.3 Å². The van der Waals surface area contributed by atoms with Crippen LogP contribution in [0.5, 0.6) is 11.6 Å². The van der Waals surface area contributed by atoms with E-state index in [2.05, 4.69) is 15.3 Å².